The minimum absolute atomic E-state index is 0.309. The van der Waals surface area contributed by atoms with Gasteiger partial charge in [-0.3, -0.25) is 0 Å². The third-order valence-electron chi connectivity index (χ3n) is 4.42. The van der Waals surface area contributed by atoms with E-state index >= 15 is 0 Å². The zero-order valence-corrected chi connectivity index (χ0v) is 15.1. The molecule has 0 bridgehead atoms. The molecule has 2 nitrogen and oxygen atoms in total. The fraction of sp³-hybridized carbons (Fsp3) is 0.619. The average Bonchev–Trinajstić information content (AvgIpc) is 2.56. The van der Waals surface area contributed by atoms with Gasteiger partial charge in [-0.2, -0.15) is 0 Å². The first kappa shape index (κ1) is 19.8. The molecule has 130 valence electrons. The largest absolute Gasteiger partial charge is 0.507 e. The van der Waals surface area contributed by atoms with E-state index in [1.165, 1.54) is 0 Å². The Bertz CT molecular complexity index is 468. The van der Waals surface area contributed by atoms with Crippen LogP contribution >= 0.6 is 0 Å². The molecule has 23 heavy (non-hydrogen) atoms. The van der Waals surface area contributed by atoms with E-state index < -0.39 is 5.60 Å². The second kappa shape index (κ2) is 10.5. The van der Waals surface area contributed by atoms with E-state index in [4.69, 9.17) is 0 Å². The van der Waals surface area contributed by atoms with Crippen LogP contribution in [0.15, 0.2) is 30.3 Å². The maximum atomic E-state index is 11.1. The maximum Gasteiger partial charge on any atom is 0.123 e. The van der Waals surface area contributed by atoms with Gasteiger partial charge in [-0.25, -0.2) is 0 Å². The van der Waals surface area contributed by atoms with Crippen LogP contribution in [0.5, 0.6) is 5.75 Å². The quantitative estimate of drug-likeness (QED) is 0.519. The molecular weight excluding hydrogens is 284 g/mol. The lowest BCUT2D eigenvalue weighted by Gasteiger charge is -2.26. The number of hydrogen-bond acceptors (Lipinski definition) is 2. The Balaban J connectivity index is 3.13. The number of phenolic OH excluding ortho intramolecular Hbond substituents is 1. The maximum absolute atomic E-state index is 11.1. The summed E-state index contributed by atoms with van der Waals surface area (Å²) in [6.45, 7) is 6.48. The van der Waals surface area contributed by atoms with E-state index in [2.05, 4.69) is 20.8 Å². The molecule has 0 fully saturated rings. The summed E-state index contributed by atoms with van der Waals surface area (Å²) >= 11 is 0. The van der Waals surface area contributed by atoms with Crippen LogP contribution in [0.3, 0.4) is 0 Å². The lowest BCUT2D eigenvalue weighted by atomic mass is 9.86. The van der Waals surface area contributed by atoms with E-state index in [0.717, 1.165) is 68.9 Å². The van der Waals surface area contributed by atoms with Crippen LogP contribution in [0, 0.1) is 0 Å². The third-order valence-corrected chi connectivity index (χ3v) is 4.42. The molecular formula is C21H34O2. The van der Waals surface area contributed by atoms with Crippen molar-refractivity contribution < 1.29 is 10.2 Å². The Morgan fingerprint density at radius 2 is 1.52 bits per heavy atom. The molecule has 0 radical (unpaired) electrons. The SMILES string of the molecule is CCCC/C(=C/C(O)(CCCC)CCCC)c1ccccc1O. The summed E-state index contributed by atoms with van der Waals surface area (Å²) in [5, 5.41) is 21.3. The highest BCUT2D eigenvalue weighted by Gasteiger charge is 2.24. The van der Waals surface area contributed by atoms with E-state index in [-0.39, 0.29) is 0 Å². The zero-order chi connectivity index (χ0) is 17.1. The Labute approximate surface area is 142 Å². The minimum Gasteiger partial charge on any atom is -0.507 e. The molecule has 0 spiro atoms. The van der Waals surface area contributed by atoms with Crippen molar-refractivity contribution in [1.82, 2.24) is 0 Å². The summed E-state index contributed by atoms with van der Waals surface area (Å²) in [6.07, 6.45) is 10.9. The van der Waals surface area contributed by atoms with E-state index in [1.807, 2.05) is 24.3 Å². The molecule has 2 N–H and O–H groups in total. The fourth-order valence-electron chi connectivity index (χ4n) is 2.96. The van der Waals surface area contributed by atoms with Crippen LogP contribution in [0.1, 0.15) is 84.1 Å². The minimum atomic E-state index is -0.753. The number of rotatable bonds is 11. The Morgan fingerprint density at radius 1 is 0.957 bits per heavy atom. The van der Waals surface area contributed by atoms with E-state index in [1.54, 1.807) is 6.07 Å². The Morgan fingerprint density at radius 3 is 2.04 bits per heavy atom. The van der Waals surface area contributed by atoms with Crippen molar-refractivity contribution in [2.45, 2.75) is 84.2 Å². The van der Waals surface area contributed by atoms with Gasteiger partial charge >= 0.3 is 0 Å². The summed E-state index contributed by atoms with van der Waals surface area (Å²) in [7, 11) is 0. The number of aromatic hydroxyl groups is 1. The van der Waals surface area contributed by atoms with Gasteiger partial charge in [0.25, 0.3) is 0 Å². The molecule has 0 atom stereocenters. The van der Waals surface area contributed by atoms with Gasteiger partial charge in [-0.05, 0) is 43.4 Å². The predicted molar refractivity (Wildman–Crippen MR) is 99.6 cm³/mol. The number of phenols is 1. The van der Waals surface area contributed by atoms with Crippen molar-refractivity contribution in [3.63, 3.8) is 0 Å². The molecule has 0 aliphatic rings. The van der Waals surface area contributed by atoms with Crippen molar-refractivity contribution in [3.8, 4) is 5.75 Å². The van der Waals surface area contributed by atoms with Gasteiger partial charge < -0.3 is 10.2 Å². The molecule has 0 amide bonds. The van der Waals surface area contributed by atoms with E-state index in [0.29, 0.717) is 5.75 Å². The van der Waals surface area contributed by atoms with Crippen molar-refractivity contribution in [1.29, 1.82) is 0 Å². The molecule has 0 saturated heterocycles. The summed E-state index contributed by atoms with van der Waals surface area (Å²) in [6, 6.07) is 7.48. The lowest BCUT2D eigenvalue weighted by Crippen LogP contribution is -2.26. The van der Waals surface area contributed by atoms with Crippen LogP contribution in [0.25, 0.3) is 5.57 Å². The first-order chi connectivity index (χ1) is 11.1. The van der Waals surface area contributed by atoms with Crippen LogP contribution in [0.2, 0.25) is 0 Å². The van der Waals surface area contributed by atoms with Gasteiger partial charge in [-0.15, -0.1) is 0 Å². The number of para-hydroxylation sites is 1. The van der Waals surface area contributed by atoms with Gasteiger partial charge in [0, 0.05) is 5.56 Å². The summed E-state index contributed by atoms with van der Waals surface area (Å²) in [5.41, 5.74) is 1.20. The second-order valence-electron chi connectivity index (χ2n) is 6.60. The molecule has 0 aliphatic heterocycles. The van der Waals surface area contributed by atoms with E-state index in [9.17, 15) is 10.2 Å². The molecule has 0 unspecified atom stereocenters. The predicted octanol–water partition coefficient (Wildman–Crippen LogP) is 6.08. The molecule has 1 aromatic carbocycles. The smallest absolute Gasteiger partial charge is 0.123 e. The third kappa shape index (κ3) is 6.78. The zero-order valence-electron chi connectivity index (χ0n) is 15.1. The Kier molecular flexibility index (Phi) is 9.01. The van der Waals surface area contributed by atoms with Crippen molar-refractivity contribution in [2.24, 2.45) is 0 Å². The monoisotopic (exact) mass is 318 g/mol. The summed E-state index contributed by atoms with van der Waals surface area (Å²) in [4.78, 5) is 0. The lowest BCUT2D eigenvalue weighted by molar-refractivity contribution is 0.0677. The first-order valence-electron chi connectivity index (χ1n) is 9.28. The fourth-order valence-corrected chi connectivity index (χ4v) is 2.96. The highest BCUT2D eigenvalue weighted by molar-refractivity contribution is 5.71. The molecule has 0 heterocycles. The Hall–Kier alpha value is -1.28. The normalized spacial score (nSPS) is 12.6. The van der Waals surface area contributed by atoms with Gasteiger partial charge in [0.05, 0.1) is 5.60 Å². The van der Waals surface area contributed by atoms with Gasteiger partial charge in [0.1, 0.15) is 5.75 Å². The number of hydrogen-bond donors (Lipinski definition) is 2. The molecule has 0 aliphatic carbocycles. The average molecular weight is 319 g/mol. The number of aliphatic hydroxyl groups is 1. The molecule has 0 saturated carbocycles. The topological polar surface area (TPSA) is 40.5 Å². The van der Waals surface area contributed by atoms with Gasteiger partial charge in [-0.1, -0.05) is 71.1 Å². The van der Waals surface area contributed by atoms with Crippen LogP contribution < -0.4 is 0 Å². The number of allylic oxidation sites excluding steroid dienone is 1. The second-order valence-corrected chi connectivity index (χ2v) is 6.60. The van der Waals surface area contributed by atoms with Crippen molar-refractivity contribution >= 4 is 5.57 Å². The highest BCUT2D eigenvalue weighted by atomic mass is 16.3. The number of benzene rings is 1. The summed E-state index contributed by atoms with van der Waals surface area (Å²) < 4.78 is 0. The summed E-state index contributed by atoms with van der Waals surface area (Å²) in [5.74, 6) is 0.309. The van der Waals surface area contributed by atoms with Crippen LogP contribution in [-0.2, 0) is 0 Å². The van der Waals surface area contributed by atoms with Gasteiger partial charge in [0.15, 0.2) is 0 Å². The van der Waals surface area contributed by atoms with Gasteiger partial charge in [0.2, 0.25) is 0 Å². The molecule has 1 aromatic rings. The standard InChI is InChI=1S/C21H34O2/c1-4-7-12-18(19-13-10-11-14-20(19)22)17-21(23,15-8-5-2)16-9-6-3/h10-11,13-14,17,22-23H,4-9,12,15-16H2,1-3H3/b18-17-. The van der Waals surface area contributed by atoms with Crippen molar-refractivity contribution in [3.05, 3.63) is 35.9 Å². The number of unbranched alkanes of at least 4 members (excludes halogenated alkanes) is 3. The van der Waals surface area contributed by atoms with Crippen molar-refractivity contribution in [2.75, 3.05) is 0 Å². The first-order valence-corrected chi connectivity index (χ1v) is 9.28. The van der Waals surface area contributed by atoms with Crippen LogP contribution in [-0.4, -0.2) is 15.8 Å². The molecule has 2 heteroatoms. The highest BCUT2D eigenvalue weighted by Crippen LogP contribution is 2.33. The molecule has 1 rings (SSSR count). The molecule has 0 aromatic heterocycles. The van der Waals surface area contributed by atoms with Crippen LogP contribution in [0.4, 0.5) is 0 Å².